The second-order valence-corrected chi connectivity index (χ2v) is 3.75. The molecule has 0 aliphatic carbocycles. The maximum Gasteiger partial charge on any atom is 0.320 e. The van der Waals surface area contributed by atoms with E-state index in [1.807, 2.05) is 0 Å². The molecule has 21 heavy (non-hydrogen) atoms. The van der Waals surface area contributed by atoms with E-state index >= 15 is 0 Å². The molecule has 0 radical (unpaired) electrons. The van der Waals surface area contributed by atoms with Crippen LogP contribution in [0.2, 0.25) is 0 Å². The number of hydrogen-bond donors (Lipinski definition) is 6. The van der Waals surface area contributed by atoms with Crippen molar-refractivity contribution >= 4 is 23.9 Å². The Morgan fingerprint density at radius 2 is 0.952 bits per heavy atom. The van der Waals surface area contributed by atoms with Gasteiger partial charge in [-0.3, -0.25) is 19.2 Å². The van der Waals surface area contributed by atoms with Gasteiger partial charge in [-0.2, -0.15) is 0 Å². The van der Waals surface area contributed by atoms with Gasteiger partial charge in [0.2, 0.25) is 0 Å². The molecule has 10 nitrogen and oxygen atoms in total. The van der Waals surface area contributed by atoms with E-state index in [2.05, 4.69) is 0 Å². The molecule has 8 N–H and O–H groups in total. The fraction of sp³-hybridized carbons (Fsp3) is 0.600. The predicted molar refractivity (Wildman–Crippen MR) is 65.0 cm³/mol. The molecule has 0 spiro atoms. The summed E-state index contributed by atoms with van der Waals surface area (Å²) in [6.45, 7) is 0. The third kappa shape index (κ3) is 18.4. The predicted octanol–water partition coefficient (Wildman–Crippen LogP) is -1.48. The number of carboxylic acids is 4. The third-order valence-corrected chi connectivity index (χ3v) is 1.97. The van der Waals surface area contributed by atoms with Gasteiger partial charge in [0.1, 0.15) is 12.1 Å². The van der Waals surface area contributed by atoms with E-state index in [1.54, 1.807) is 0 Å². The number of aliphatic carboxylic acids is 4. The summed E-state index contributed by atoms with van der Waals surface area (Å²) in [5.41, 5.74) is 10.0. The monoisotopic (exact) mass is 358 g/mol. The zero-order valence-electron chi connectivity index (χ0n) is 11.3. The fourth-order valence-electron chi connectivity index (χ4n) is 0.805. The van der Waals surface area contributed by atoms with Crippen molar-refractivity contribution in [2.24, 2.45) is 11.5 Å². The Balaban J connectivity index is -0.000000295. The van der Waals surface area contributed by atoms with Crippen LogP contribution in [0.3, 0.4) is 0 Å². The molecular weight excluding hydrogens is 342 g/mol. The van der Waals surface area contributed by atoms with Crippen LogP contribution < -0.4 is 11.5 Å². The van der Waals surface area contributed by atoms with E-state index in [-0.39, 0.29) is 45.2 Å². The van der Waals surface area contributed by atoms with Crippen molar-refractivity contribution < 1.29 is 59.1 Å². The van der Waals surface area contributed by atoms with Crippen molar-refractivity contribution in [1.82, 2.24) is 0 Å². The molecule has 0 aliphatic heterocycles. The van der Waals surface area contributed by atoms with Crippen LogP contribution in [0.25, 0.3) is 0 Å². The molecule has 0 fully saturated rings. The van der Waals surface area contributed by atoms with Gasteiger partial charge >= 0.3 is 23.9 Å². The van der Waals surface area contributed by atoms with E-state index in [1.165, 1.54) is 0 Å². The van der Waals surface area contributed by atoms with Gasteiger partial charge in [-0.25, -0.2) is 0 Å². The maximum absolute atomic E-state index is 9.99. The second kappa shape index (κ2) is 13.4. The zero-order chi connectivity index (χ0) is 16.3. The van der Waals surface area contributed by atoms with Crippen molar-refractivity contribution in [2.45, 2.75) is 37.8 Å². The third-order valence-electron chi connectivity index (χ3n) is 1.97. The van der Waals surface area contributed by atoms with Crippen molar-refractivity contribution in [1.29, 1.82) is 0 Å². The molecule has 0 aromatic carbocycles. The van der Waals surface area contributed by atoms with Gasteiger partial charge in [0.15, 0.2) is 0 Å². The summed E-state index contributed by atoms with van der Waals surface area (Å²) in [5, 5.41) is 32.5. The van der Waals surface area contributed by atoms with Crippen molar-refractivity contribution in [2.75, 3.05) is 0 Å². The SMILES string of the molecule is N[C@@H](CCC(=O)O)C(=O)O.N[C@@H](CCC(=O)O)C(=O)O.[Zn]. The molecule has 0 saturated heterocycles. The summed E-state index contributed by atoms with van der Waals surface area (Å²) in [7, 11) is 0. The van der Waals surface area contributed by atoms with Crippen molar-refractivity contribution in [3.05, 3.63) is 0 Å². The molecule has 0 rings (SSSR count). The summed E-state index contributed by atoms with van der Waals surface area (Å²) in [4.78, 5) is 39.7. The largest absolute Gasteiger partial charge is 0.481 e. The number of hydrogen-bond acceptors (Lipinski definition) is 6. The Labute approximate surface area is 132 Å². The smallest absolute Gasteiger partial charge is 0.320 e. The van der Waals surface area contributed by atoms with Crippen LogP contribution in [-0.2, 0) is 38.7 Å². The molecule has 0 aromatic heterocycles. The first-order valence-electron chi connectivity index (χ1n) is 5.48. The molecule has 118 valence electrons. The standard InChI is InChI=1S/2C5H9NO4.Zn/c2*6-3(5(9)10)1-2-4(7)8;/h2*3H,1-2,6H2,(H,7,8)(H,9,10);/t2*3-;/m00./s1. The topological polar surface area (TPSA) is 201 Å². The number of carboxylic acid groups (broad SMARTS) is 4. The van der Waals surface area contributed by atoms with E-state index in [0.29, 0.717) is 0 Å². The van der Waals surface area contributed by atoms with Crippen molar-refractivity contribution in [3.63, 3.8) is 0 Å². The Hall–Kier alpha value is -1.58. The van der Waals surface area contributed by atoms with Gasteiger partial charge in [0.05, 0.1) is 0 Å². The second-order valence-electron chi connectivity index (χ2n) is 3.75. The van der Waals surface area contributed by atoms with Gasteiger partial charge in [-0.1, -0.05) is 0 Å². The molecule has 0 aromatic rings. The van der Waals surface area contributed by atoms with Gasteiger partial charge in [0, 0.05) is 32.3 Å². The zero-order valence-corrected chi connectivity index (χ0v) is 14.2. The van der Waals surface area contributed by atoms with Crippen LogP contribution in [0.5, 0.6) is 0 Å². The van der Waals surface area contributed by atoms with E-state index in [9.17, 15) is 19.2 Å². The summed E-state index contributed by atoms with van der Waals surface area (Å²) >= 11 is 0. The van der Waals surface area contributed by atoms with Crippen LogP contribution >= 0.6 is 0 Å². The molecular formula is C10H18N2O8Zn. The first kappa shape index (κ1) is 24.4. The van der Waals surface area contributed by atoms with E-state index < -0.39 is 36.0 Å². The first-order chi connectivity index (χ1) is 9.07. The summed E-state index contributed by atoms with van der Waals surface area (Å²) in [5.74, 6) is -4.39. The van der Waals surface area contributed by atoms with Crippen LogP contribution in [0, 0.1) is 0 Å². The minimum absolute atomic E-state index is 0. The molecule has 0 bridgehead atoms. The molecule has 0 amide bonds. The number of rotatable bonds is 8. The molecule has 0 unspecified atom stereocenters. The van der Waals surface area contributed by atoms with Crippen LogP contribution in [0.4, 0.5) is 0 Å². The van der Waals surface area contributed by atoms with Crippen molar-refractivity contribution in [3.8, 4) is 0 Å². The molecule has 0 aliphatic rings. The Morgan fingerprint density at radius 3 is 1.10 bits per heavy atom. The Bertz CT molecular complexity index is 329. The Morgan fingerprint density at radius 1 is 0.714 bits per heavy atom. The minimum Gasteiger partial charge on any atom is -0.481 e. The number of nitrogens with two attached hydrogens (primary N) is 2. The fourth-order valence-corrected chi connectivity index (χ4v) is 0.805. The summed E-state index contributed by atoms with van der Waals surface area (Å²) < 4.78 is 0. The Kier molecular flexibility index (Phi) is 15.6. The maximum atomic E-state index is 9.99. The van der Waals surface area contributed by atoms with Crippen LogP contribution in [-0.4, -0.2) is 56.4 Å². The molecule has 2 atom stereocenters. The molecule has 0 saturated carbocycles. The van der Waals surface area contributed by atoms with Gasteiger partial charge in [-0.05, 0) is 12.8 Å². The quantitative estimate of drug-likeness (QED) is 0.277. The first-order valence-corrected chi connectivity index (χ1v) is 5.48. The van der Waals surface area contributed by atoms with Crippen LogP contribution in [0.15, 0.2) is 0 Å². The summed E-state index contributed by atoms with van der Waals surface area (Å²) in [6.07, 6.45) is -0.448. The average Bonchev–Trinajstić information content (AvgIpc) is 2.33. The van der Waals surface area contributed by atoms with Gasteiger partial charge in [0.25, 0.3) is 0 Å². The average molecular weight is 360 g/mol. The molecule has 11 heteroatoms. The van der Waals surface area contributed by atoms with Gasteiger partial charge in [-0.15, -0.1) is 0 Å². The van der Waals surface area contributed by atoms with Gasteiger partial charge < -0.3 is 31.9 Å². The van der Waals surface area contributed by atoms with E-state index in [0.717, 1.165) is 0 Å². The van der Waals surface area contributed by atoms with Crippen LogP contribution in [0.1, 0.15) is 25.7 Å². The summed E-state index contributed by atoms with van der Waals surface area (Å²) in [6, 6.07) is -2.12. The van der Waals surface area contributed by atoms with E-state index in [4.69, 9.17) is 31.9 Å². The molecule has 0 heterocycles. The number of carbonyl (C=O) groups is 4. The normalized spacial score (nSPS) is 11.9. The minimum atomic E-state index is -1.17.